The fourth-order valence-electron chi connectivity index (χ4n) is 6.48. The highest BCUT2D eigenvalue weighted by Gasteiger charge is 2.63. The number of fused-ring (bicyclic) bond motifs is 3. The predicted octanol–water partition coefficient (Wildman–Crippen LogP) is 0.778. The van der Waals surface area contributed by atoms with Gasteiger partial charge in [0.2, 0.25) is 11.7 Å². The number of carbonyl (C=O) groups excluding carboxylic acids is 4. The fourth-order valence-corrected chi connectivity index (χ4v) is 6.90. The Bertz CT molecular complexity index is 1450. The lowest BCUT2D eigenvalue weighted by Crippen LogP contribution is -2.63. The number of carbonyl (C=O) groups is 4. The Balaban J connectivity index is 1.92. The predicted molar refractivity (Wildman–Crippen MR) is 155 cm³/mol. The van der Waals surface area contributed by atoms with Crippen LogP contribution >= 0.6 is 11.6 Å². The first-order valence-corrected chi connectivity index (χ1v) is 13.9. The molecule has 2 amide bonds. The molecule has 4 rings (SSSR count). The Hall–Kier alpha value is -3.65. The van der Waals surface area contributed by atoms with E-state index in [0.717, 1.165) is 6.42 Å². The van der Waals surface area contributed by atoms with E-state index in [4.69, 9.17) is 17.3 Å². The summed E-state index contributed by atoms with van der Waals surface area (Å²) in [4.78, 5) is 55.4. The average Bonchev–Trinajstić information content (AvgIpc) is 2.88. The summed E-state index contributed by atoms with van der Waals surface area (Å²) in [6.45, 7) is 2.43. The van der Waals surface area contributed by atoms with Crippen LogP contribution in [-0.2, 0) is 20.8 Å². The van der Waals surface area contributed by atoms with Gasteiger partial charge in [-0.05, 0) is 51.4 Å². The lowest BCUT2D eigenvalue weighted by atomic mass is 9.58. The van der Waals surface area contributed by atoms with E-state index in [-0.39, 0.29) is 41.2 Å². The molecular weight excluding hydrogens is 570 g/mol. The molecule has 0 radical (unpaired) electrons. The third-order valence-corrected chi connectivity index (χ3v) is 8.60. The normalized spacial score (nSPS) is 25.3. The van der Waals surface area contributed by atoms with Crippen LogP contribution in [0.3, 0.4) is 0 Å². The minimum atomic E-state index is -2.75. The summed E-state index contributed by atoms with van der Waals surface area (Å²) in [5, 5.41) is 50.9. The summed E-state index contributed by atoms with van der Waals surface area (Å²) in [5.41, 5.74) is 1.69. The molecule has 0 aliphatic heterocycles. The second-order valence-corrected chi connectivity index (χ2v) is 11.7. The molecule has 0 saturated heterocycles. The van der Waals surface area contributed by atoms with Crippen molar-refractivity contribution in [1.82, 2.24) is 10.2 Å². The van der Waals surface area contributed by atoms with E-state index in [1.165, 1.54) is 4.90 Å². The Morgan fingerprint density at radius 1 is 1.14 bits per heavy atom. The molecule has 0 spiro atoms. The zero-order chi connectivity index (χ0) is 31.4. The molecule has 42 heavy (non-hydrogen) atoms. The third-order valence-electron chi connectivity index (χ3n) is 8.23. The molecule has 13 nitrogen and oxygen atoms in total. The maximum atomic E-state index is 14.1. The van der Waals surface area contributed by atoms with Crippen LogP contribution in [0, 0.1) is 11.8 Å². The second kappa shape index (κ2) is 11.2. The molecule has 3 aliphatic rings. The smallest absolute Gasteiger partial charge is 0.255 e. The number of aromatic hydroxyl groups is 1. The van der Waals surface area contributed by atoms with Crippen molar-refractivity contribution in [3.05, 3.63) is 38.8 Å². The van der Waals surface area contributed by atoms with Gasteiger partial charge in [-0.2, -0.15) is 0 Å². The number of aliphatic hydroxyl groups is 3. The fraction of sp³-hybridized carbons (Fsp3) is 0.500. The van der Waals surface area contributed by atoms with Crippen LogP contribution in [0.5, 0.6) is 5.75 Å². The van der Waals surface area contributed by atoms with Gasteiger partial charge in [-0.3, -0.25) is 24.1 Å². The van der Waals surface area contributed by atoms with E-state index < -0.39 is 69.7 Å². The van der Waals surface area contributed by atoms with Gasteiger partial charge in [0.15, 0.2) is 17.1 Å². The minimum Gasteiger partial charge on any atom is -0.510 e. The molecule has 0 aromatic heterocycles. The van der Waals surface area contributed by atoms with Crippen LogP contribution in [0.15, 0.2) is 22.7 Å². The zero-order valence-corrected chi connectivity index (χ0v) is 24.8. The molecule has 4 atom stereocenters. The van der Waals surface area contributed by atoms with Gasteiger partial charge in [-0.1, -0.05) is 18.5 Å². The molecule has 228 valence electrons. The van der Waals surface area contributed by atoms with Gasteiger partial charge in [0.25, 0.3) is 5.91 Å². The number of hydrogen-bond donors (Lipinski definition) is 7. The van der Waals surface area contributed by atoms with Crippen molar-refractivity contribution in [2.75, 3.05) is 51.5 Å². The Morgan fingerprint density at radius 3 is 2.33 bits per heavy atom. The molecule has 0 bridgehead atoms. The van der Waals surface area contributed by atoms with Gasteiger partial charge in [0.1, 0.15) is 22.8 Å². The van der Waals surface area contributed by atoms with Crippen LogP contribution in [0.2, 0.25) is 5.02 Å². The lowest BCUT2D eigenvalue weighted by Gasteiger charge is -2.50. The molecule has 0 fully saturated rings. The van der Waals surface area contributed by atoms with Crippen LogP contribution < -0.4 is 21.3 Å². The number of benzene rings is 1. The number of nitrogens with two attached hydrogens (primary N) is 1. The number of likely N-dealkylation sites (N-methyl/N-ethyl adjacent to an activating group) is 1. The van der Waals surface area contributed by atoms with Crippen molar-refractivity contribution in [3.8, 4) is 5.75 Å². The number of ketones is 2. The molecule has 2 unspecified atom stereocenters. The molecule has 14 heteroatoms. The number of nitrogens with zero attached hydrogens (tertiary/aromatic N) is 2. The van der Waals surface area contributed by atoms with E-state index in [0.29, 0.717) is 17.8 Å². The Morgan fingerprint density at radius 2 is 1.79 bits per heavy atom. The highest BCUT2D eigenvalue weighted by molar-refractivity contribution is 6.38. The van der Waals surface area contributed by atoms with Crippen molar-refractivity contribution < 1.29 is 39.6 Å². The van der Waals surface area contributed by atoms with Crippen molar-refractivity contribution in [2.45, 2.75) is 37.8 Å². The van der Waals surface area contributed by atoms with Crippen LogP contribution in [0.1, 0.15) is 35.7 Å². The van der Waals surface area contributed by atoms with Crippen LogP contribution in [0.4, 0.5) is 11.4 Å². The average molecular weight is 606 g/mol. The van der Waals surface area contributed by atoms with E-state index >= 15 is 0 Å². The number of amides is 2. The van der Waals surface area contributed by atoms with Gasteiger partial charge in [-0.25, -0.2) is 0 Å². The molecular formula is C28H36ClN5O8. The summed E-state index contributed by atoms with van der Waals surface area (Å²) in [6, 6.07) is -1.10. The first-order valence-electron chi connectivity index (χ1n) is 13.5. The van der Waals surface area contributed by atoms with Gasteiger partial charge in [-0.15, -0.1) is 0 Å². The van der Waals surface area contributed by atoms with Crippen molar-refractivity contribution in [1.29, 1.82) is 0 Å². The quantitative estimate of drug-likeness (QED) is 0.125. The standard InChI is InChI=1S/C28H36ClN5O8/c1-6-7-31-10-14(35)32-19-18(29)20(33(2)3)12-8-11-9-13-21(34(4)5)24(38)17(27(30)41)26(40)28(13,42)25(39)15(11)22(36)16(12)23(19)37/h11,13,21,31,37-39,42H,6-10H2,1-5H3,(H2,30,41)(H,32,35)/t11?,13?,21-,28-/m0/s1. The molecule has 0 saturated carbocycles. The highest BCUT2D eigenvalue weighted by Crippen LogP contribution is 2.55. The number of hydrogen-bond acceptors (Lipinski definition) is 11. The van der Waals surface area contributed by atoms with Gasteiger partial charge < -0.3 is 41.7 Å². The maximum Gasteiger partial charge on any atom is 0.255 e. The maximum absolute atomic E-state index is 14.1. The number of Topliss-reactive ketones (excluding diaryl/α,β-unsaturated/α-hetero) is 2. The topological polar surface area (TPSA) is 206 Å². The number of rotatable bonds is 8. The van der Waals surface area contributed by atoms with Gasteiger partial charge in [0, 0.05) is 25.6 Å². The molecule has 1 aromatic carbocycles. The Labute approximate surface area is 247 Å². The minimum absolute atomic E-state index is 0.00236. The number of halogens is 1. The van der Waals surface area contributed by atoms with Crippen LogP contribution in [0.25, 0.3) is 0 Å². The van der Waals surface area contributed by atoms with E-state index in [2.05, 4.69) is 10.6 Å². The van der Waals surface area contributed by atoms with Crippen molar-refractivity contribution >= 4 is 46.4 Å². The zero-order valence-electron chi connectivity index (χ0n) is 24.0. The number of primary amides is 1. The number of allylic oxidation sites excluding steroid dienone is 1. The Kier molecular flexibility index (Phi) is 8.35. The first-order chi connectivity index (χ1) is 19.6. The lowest BCUT2D eigenvalue weighted by molar-refractivity contribution is -0.148. The summed E-state index contributed by atoms with van der Waals surface area (Å²) >= 11 is 6.70. The molecule has 1 aromatic rings. The SMILES string of the molecule is CCCNCC(=O)Nc1c(O)c2c(c(N(C)C)c1Cl)CC1CC3[C@H](N(C)C)C(O)=C(C(N)=O)C(=O)[C@@]3(O)C(O)=C1C2=O. The number of anilines is 2. The first kappa shape index (κ1) is 31.3. The number of phenols is 1. The number of nitrogens with one attached hydrogen (secondary N) is 2. The largest absolute Gasteiger partial charge is 0.510 e. The summed E-state index contributed by atoms with van der Waals surface area (Å²) in [6.07, 6.45) is 0.790. The summed E-state index contributed by atoms with van der Waals surface area (Å²) in [5.74, 6) is -8.17. The highest BCUT2D eigenvalue weighted by atomic mass is 35.5. The van der Waals surface area contributed by atoms with Crippen LogP contribution in [-0.4, -0.2) is 102 Å². The monoisotopic (exact) mass is 605 g/mol. The van der Waals surface area contributed by atoms with Gasteiger partial charge in [0.05, 0.1) is 28.9 Å². The number of aliphatic hydroxyl groups excluding tert-OH is 2. The van der Waals surface area contributed by atoms with Crippen molar-refractivity contribution in [3.63, 3.8) is 0 Å². The third kappa shape index (κ3) is 4.60. The molecule has 8 N–H and O–H groups in total. The number of phenolic OH excluding ortho intramolecular Hbond substituents is 1. The van der Waals surface area contributed by atoms with E-state index in [9.17, 15) is 39.6 Å². The van der Waals surface area contributed by atoms with E-state index in [1.807, 2.05) is 6.92 Å². The molecule has 0 heterocycles. The summed E-state index contributed by atoms with van der Waals surface area (Å²) in [7, 11) is 6.47. The molecule has 3 aliphatic carbocycles. The summed E-state index contributed by atoms with van der Waals surface area (Å²) < 4.78 is 0. The van der Waals surface area contributed by atoms with E-state index in [1.54, 1.807) is 33.1 Å². The second-order valence-electron chi connectivity index (χ2n) is 11.3. The van der Waals surface area contributed by atoms with Crippen molar-refractivity contribution in [2.24, 2.45) is 17.6 Å². The van der Waals surface area contributed by atoms with Gasteiger partial charge >= 0.3 is 0 Å².